The summed E-state index contributed by atoms with van der Waals surface area (Å²) in [4.78, 5) is 0.987. The Balaban J connectivity index is 1.98. The van der Waals surface area contributed by atoms with Gasteiger partial charge in [-0.25, -0.2) is 0 Å². The molecule has 5 heteroatoms. The number of rotatable bonds is 2. The summed E-state index contributed by atoms with van der Waals surface area (Å²) in [5.41, 5.74) is 0.920. The van der Waals surface area contributed by atoms with Gasteiger partial charge in [-0.15, -0.1) is 21.5 Å². The summed E-state index contributed by atoms with van der Waals surface area (Å²) in [6.45, 7) is 0. The van der Waals surface area contributed by atoms with Gasteiger partial charge in [0, 0.05) is 10.0 Å². The molecule has 3 nitrogen and oxygen atoms in total. The van der Waals surface area contributed by atoms with E-state index in [-0.39, 0.29) is 0 Å². The van der Waals surface area contributed by atoms with Crippen LogP contribution in [0.3, 0.4) is 0 Å². The molecule has 0 unspecified atom stereocenters. The Morgan fingerprint density at radius 1 is 1.00 bits per heavy atom. The number of thiophene rings is 1. The summed E-state index contributed by atoms with van der Waals surface area (Å²) < 4.78 is 6.65. The number of halogens is 1. The molecule has 2 aromatic heterocycles. The summed E-state index contributed by atoms with van der Waals surface area (Å²) in [6.07, 6.45) is 0. The molecule has 17 heavy (non-hydrogen) atoms. The lowest BCUT2D eigenvalue weighted by Crippen LogP contribution is -1.76. The van der Waals surface area contributed by atoms with Crippen molar-refractivity contribution in [3.63, 3.8) is 0 Å². The smallest absolute Gasteiger partial charge is 0.258 e. The molecule has 3 aromatic rings. The van der Waals surface area contributed by atoms with Gasteiger partial charge in [-0.1, -0.05) is 22.0 Å². The quantitative estimate of drug-likeness (QED) is 0.711. The Hall–Kier alpha value is -1.46. The van der Waals surface area contributed by atoms with Gasteiger partial charge in [0.15, 0.2) is 0 Å². The second kappa shape index (κ2) is 4.43. The van der Waals surface area contributed by atoms with E-state index in [1.54, 1.807) is 11.3 Å². The van der Waals surface area contributed by atoms with E-state index in [0.29, 0.717) is 11.8 Å². The molecule has 2 heterocycles. The fourth-order valence-corrected chi connectivity index (χ4v) is 2.34. The van der Waals surface area contributed by atoms with E-state index < -0.39 is 0 Å². The molecule has 0 aliphatic heterocycles. The number of nitrogens with zero attached hydrogens (tertiary/aromatic N) is 2. The van der Waals surface area contributed by atoms with Crippen LogP contribution in [0.5, 0.6) is 0 Å². The van der Waals surface area contributed by atoms with Crippen LogP contribution in [0.25, 0.3) is 22.2 Å². The lowest BCUT2D eigenvalue weighted by molar-refractivity contribution is 0.586. The summed E-state index contributed by atoms with van der Waals surface area (Å²) in [5.74, 6) is 1.11. The van der Waals surface area contributed by atoms with Gasteiger partial charge in [0.05, 0.1) is 4.88 Å². The van der Waals surface area contributed by atoms with E-state index >= 15 is 0 Å². The second-order valence-electron chi connectivity index (χ2n) is 3.40. The van der Waals surface area contributed by atoms with E-state index in [2.05, 4.69) is 26.1 Å². The summed E-state index contributed by atoms with van der Waals surface area (Å²) in [6, 6.07) is 11.7. The highest BCUT2D eigenvalue weighted by atomic mass is 79.9. The summed E-state index contributed by atoms with van der Waals surface area (Å²) in [5, 5.41) is 10.1. The van der Waals surface area contributed by atoms with Gasteiger partial charge in [0.1, 0.15) is 0 Å². The maximum Gasteiger partial charge on any atom is 0.258 e. The van der Waals surface area contributed by atoms with Crippen LogP contribution >= 0.6 is 27.3 Å². The molecule has 0 aliphatic carbocycles. The second-order valence-corrected chi connectivity index (χ2v) is 5.26. The molecule has 0 aliphatic rings. The van der Waals surface area contributed by atoms with Gasteiger partial charge in [-0.05, 0) is 35.7 Å². The minimum Gasteiger partial charge on any atom is -0.415 e. The van der Waals surface area contributed by atoms with Crippen LogP contribution in [-0.4, -0.2) is 10.2 Å². The van der Waals surface area contributed by atoms with Gasteiger partial charge in [0.25, 0.3) is 5.89 Å². The molecular formula is C12H7BrN2OS. The zero-order valence-corrected chi connectivity index (χ0v) is 11.0. The maximum absolute atomic E-state index is 5.63. The Kier molecular flexibility index (Phi) is 2.78. The van der Waals surface area contributed by atoms with Gasteiger partial charge >= 0.3 is 0 Å². The van der Waals surface area contributed by atoms with Gasteiger partial charge in [-0.2, -0.15) is 0 Å². The first-order valence-electron chi connectivity index (χ1n) is 4.96. The molecule has 0 bridgehead atoms. The Morgan fingerprint density at radius 3 is 2.47 bits per heavy atom. The molecule has 0 amide bonds. The van der Waals surface area contributed by atoms with Crippen molar-refractivity contribution in [3.8, 4) is 22.2 Å². The lowest BCUT2D eigenvalue weighted by Gasteiger charge is -1.94. The molecule has 1 aromatic carbocycles. The normalized spacial score (nSPS) is 10.6. The molecule has 84 valence electrons. The van der Waals surface area contributed by atoms with Crippen molar-refractivity contribution in [2.75, 3.05) is 0 Å². The lowest BCUT2D eigenvalue weighted by atomic mass is 10.2. The zero-order chi connectivity index (χ0) is 11.7. The van der Waals surface area contributed by atoms with Crippen LogP contribution in [0, 0.1) is 0 Å². The molecule has 0 saturated heterocycles. The third-order valence-corrected chi connectivity index (χ3v) is 3.63. The molecule has 0 spiro atoms. The van der Waals surface area contributed by atoms with Crippen LogP contribution in [0.2, 0.25) is 0 Å². The molecule has 3 rings (SSSR count). The van der Waals surface area contributed by atoms with Crippen molar-refractivity contribution >= 4 is 27.3 Å². The topological polar surface area (TPSA) is 38.9 Å². The molecule has 0 radical (unpaired) electrons. The highest BCUT2D eigenvalue weighted by Gasteiger charge is 2.10. The van der Waals surface area contributed by atoms with Crippen molar-refractivity contribution in [1.29, 1.82) is 0 Å². The minimum absolute atomic E-state index is 0.543. The first-order valence-corrected chi connectivity index (χ1v) is 6.63. The minimum atomic E-state index is 0.543. The Bertz CT molecular complexity index is 616. The number of hydrogen-bond acceptors (Lipinski definition) is 4. The van der Waals surface area contributed by atoms with E-state index in [9.17, 15) is 0 Å². The maximum atomic E-state index is 5.63. The van der Waals surface area contributed by atoms with Gasteiger partial charge < -0.3 is 4.42 Å². The third-order valence-electron chi connectivity index (χ3n) is 2.25. The standard InChI is InChI=1S/C12H7BrN2OS/c13-9-5-3-8(4-6-9)11-14-15-12(16-11)10-2-1-7-17-10/h1-7H. The average Bonchev–Trinajstić information content (AvgIpc) is 3.00. The van der Waals surface area contributed by atoms with Crippen molar-refractivity contribution in [3.05, 3.63) is 46.3 Å². The van der Waals surface area contributed by atoms with Gasteiger partial charge in [0.2, 0.25) is 5.89 Å². The van der Waals surface area contributed by atoms with Crippen LogP contribution in [-0.2, 0) is 0 Å². The van der Waals surface area contributed by atoms with E-state index in [0.717, 1.165) is 14.9 Å². The van der Waals surface area contributed by atoms with Gasteiger partial charge in [-0.3, -0.25) is 0 Å². The van der Waals surface area contributed by atoms with Crippen molar-refractivity contribution in [2.24, 2.45) is 0 Å². The van der Waals surface area contributed by atoms with E-state index in [1.165, 1.54) is 0 Å². The van der Waals surface area contributed by atoms with Crippen LogP contribution in [0.15, 0.2) is 50.7 Å². The van der Waals surface area contributed by atoms with E-state index in [1.807, 2.05) is 41.8 Å². The molecular weight excluding hydrogens is 300 g/mol. The number of benzene rings is 1. The number of hydrogen-bond donors (Lipinski definition) is 0. The zero-order valence-electron chi connectivity index (χ0n) is 8.63. The van der Waals surface area contributed by atoms with Crippen LogP contribution in [0.1, 0.15) is 0 Å². The highest BCUT2D eigenvalue weighted by molar-refractivity contribution is 9.10. The molecule has 0 N–H and O–H groups in total. The van der Waals surface area contributed by atoms with Crippen molar-refractivity contribution in [2.45, 2.75) is 0 Å². The first-order chi connectivity index (χ1) is 8.33. The SMILES string of the molecule is Brc1ccc(-c2nnc(-c3cccs3)o2)cc1. The Labute approximate surface area is 110 Å². The third kappa shape index (κ3) is 2.16. The molecule has 0 fully saturated rings. The average molecular weight is 307 g/mol. The predicted molar refractivity (Wildman–Crippen MR) is 70.7 cm³/mol. The Morgan fingerprint density at radius 2 is 1.76 bits per heavy atom. The summed E-state index contributed by atoms with van der Waals surface area (Å²) >= 11 is 4.97. The van der Waals surface area contributed by atoms with Crippen molar-refractivity contribution < 1.29 is 4.42 Å². The highest BCUT2D eigenvalue weighted by Crippen LogP contribution is 2.27. The van der Waals surface area contributed by atoms with Crippen LogP contribution < -0.4 is 0 Å². The first kappa shape index (κ1) is 10.7. The van der Waals surface area contributed by atoms with Crippen molar-refractivity contribution in [1.82, 2.24) is 10.2 Å². The summed E-state index contributed by atoms with van der Waals surface area (Å²) in [7, 11) is 0. The van der Waals surface area contributed by atoms with Crippen LogP contribution in [0.4, 0.5) is 0 Å². The predicted octanol–water partition coefficient (Wildman–Crippen LogP) is 4.23. The fourth-order valence-electron chi connectivity index (χ4n) is 1.43. The van der Waals surface area contributed by atoms with E-state index in [4.69, 9.17) is 4.42 Å². The monoisotopic (exact) mass is 306 g/mol. The largest absolute Gasteiger partial charge is 0.415 e. The number of aromatic nitrogens is 2. The molecule has 0 saturated carbocycles. The molecule has 0 atom stereocenters. The fraction of sp³-hybridized carbons (Fsp3) is 0.